The molecule has 0 aliphatic heterocycles. The lowest BCUT2D eigenvalue weighted by Crippen LogP contribution is -2.24. The maximum absolute atomic E-state index is 10.2. The fraction of sp³-hybridized carbons (Fsp3) is 0.625. The zero-order chi connectivity index (χ0) is 7.40. The van der Waals surface area contributed by atoms with E-state index in [1.807, 2.05) is 6.41 Å². The summed E-state index contributed by atoms with van der Waals surface area (Å²) < 4.78 is 0. The molecule has 2 nitrogen and oxygen atoms in total. The van der Waals surface area contributed by atoms with Crippen LogP contribution in [-0.4, -0.2) is 24.4 Å². The third-order valence-corrected chi connectivity index (χ3v) is 1.59. The zero-order valence-electron chi connectivity index (χ0n) is 5.84. The number of carbonyl (C=O) groups excluding carboxylic acids is 1. The first-order chi connectivity index (χ1) is 4.86. The Hall–Kier alpha value is -0.970. The van der Waals surface area contributed by atoms with Crippen LogP contribution < -0.4 is 0 Å². The van der Waals surface area contributed by atoms with Gasteiger partial charge in [-0.25, -0.2) is 0 Å². The second-order valence-corrected chi connectivity index (χ2v) is 2.62. The normalized spacial score (nSPS) is 15.9. The van der Waals surface area contributed by atoms with Gasteiger partial charge in [0.2, 0.25) is 0 Å². The van der Waals surface area contributed by atoms with E-state index in [1.54, 1.807) is 0 Å². The van der Waals surface area contributed by atoms with Crippen LogP contribution in [0.25, 0.3) is 0 Å². The summed E-state index contributed by atoms with van der Waals surface area (Å²) >= 11 is 0. The van der Waals surface area contributed by atoms with Crippen LogP contribution in [0, 0.1) is 18.3 Å². The minimum atomic E-state index is 0.403. The van der Waals surface area contributed by atoms with Gasteiger partial charge in [0.15, 0.2) is 0 Å². The van der Waals surface area contributed by atoms with Gasteiger partial charge in [-0.1, -0.05) is 5.92 Å². The van der Waals surface area contributed by atoms with Gasteiger partial charge in [-0.05, 0) is 18.8 Å². The molecule has 0 aromatic carbocycles. The van der Waals surface area contributed by atoms with Crippen LogP contribution in [0.4, 0.5) is 0 Å². The van der Waals surface area contributed by atoms with Crippen LogP contribution in [0.3, 0.4) is 0 Å². The number of hydrogen-bond donors (Lipinski definition) is 0. The predicted molar refractivity (Wildman–Crippen MR) is 38.8 cm³/mol. The minimum Gasteiger partial charge on any atom is -0.323 e. The molecule has 0 aromatic heterocycles. The van der Waals surface area contributed by atoms with Gasteiger partial charge in [0, 0.05) is 6.54 Å². The van der Waals surface area contributed by atoms with Crippen LogP contribution in [-0.2, 0) is 4.79 Å². The highest BCUT2D eigenvalue weighted by Crippen LogP contribution is 2.29. The van der Waals surface area contributed by atoms with Gasteiger partial charge in [0.05, 0.1) is 6.54 Å². The maximum atomic E-state index is 10.2. The molecule has 0 aromatic rings. The first-order valence-corrected chi connectivity index (χ1v) is 3.43. The highest BCUT2D eigenvalue weighted by atomic mass is 16.1. The Morgan fingerprint density at radius 2 is 2.30 bits per heavy atom. The average molecular weight is 136 g/mol. The number of hydrogen-bond acceptors (Lipinski definition) is 1. The van der Waals surface area contributed by atoms with E-state index in [9.17, 15) is 4.79 Å². The van der Waals surface area contributed by atoms with Crippen LogP contribution in [0.5, 0.6) is 0 Å². The average Bonchev–Trinajstić information content (AvgIpc) is 2.71. The molecule has 10 heavy (non-hydrogen) atoms. The highest BCUT2D eigenvalue weighted by Gasteiger charge is 2.23. The lowest BCUT2D eigenvalue weighted by atomic mass is 10.4. The second-order valence-electron chi connectivity index (χ2n) is 2.62. The fourth-order valence-electron chi connectivity index (χ4n) is 0.856. The van der Waals surface area contributed by atoms with Gasteiger partial charge in [-0.3, -0.25) is 4.79 Å². The third-order valence-electron chi connectivity index (χ3n) is 1.59. The Kier molecular flexibility index (Phi) is 2.33. The first-order valence-electron chi connectivity index (χ1n) is 3.43. The summed E-state index contributed by atoms with van der Waals surface area (Å²) in [5.74, 6) is 3.12. The molecule has 0 atom stereocenters. The monoisotopic (exact) mass is 136 g/mol. The lowest BCUT2D eigenvalue weighted by Gasteiger charge is -2.10. The van der Waals surface area contributed by atoms with Gasteiger partial charge in [-0.2, -0.15) is 0 Å². The van der Waals surface area contributed by atoms with Crippen LogP contribution in [0.1, 0.15) is 12.8 Å². The summed E-state index contributed by atoms with van der Waals surface area (Å²) in [7, 11) is 0. The van der Waals surface area contributed by atoms with Crippen LogP contribution in [0.2, 0.25) is 0 Å². The van der Waals surface area contributed by atoms with Crippen molar-refractivity contribution >= 4 is 6.41 Å². The largest absolute Gasteiger partial charge is 0.323 e. The fourth-order valence-corrected chi connectivity index (χ4v) is 0.856. The second kappa shape index (κ2) is 3.26. The summed E-state index contributed by atoms with van der Waals surface area (Å²) in [6.45, 7) is 1.20. The van der Waals surface area contributed by atoms with Crippen LogP contribution >= 0.6 is 0 Å². The molecule has 0 unspecified atom stereocenters. The smallest absolute Gasteiger partial charge is 0.312 e. The van der Waals surface area contributed by atoms with E-state index in [-0.39, 0.29) is 0 Å². The molecule has 1 aliphatic rings. The topological polar surface area (TPSA) is 20.3 Å². The third kappa shape index (κ3) is 2.10. The molecule has 0 spiro atoms. The van der Waals surface area contributed by atoms with Crippen LogP contribution in [0.15, 0.2) is 0 Å². The lowest BCUT2D eigenvalue weighted by molar-refractivity contribution is 0.398. The van der Waals surface area contributed by atoms with E-state index in [4.69, 9.17) is 6.42 Å². The van der Waals surface area contributed by atoms with Crippen molar-refractivity contribution in [2.45, 2.75) is 12.8 Å². The van der Waals surface area contributed by atoms with E-state index in [1.165, 1.54) is 17.7 Å². The molecular formula is C8H10NO. The minimum absolute atomic E-state index is 0.403. The molecule has 1 fully saturated rings. The molecule has 0 heterocycles. The quantitative estimate of drug-likeness (QED) is 0.404. The van der Waals surface area contributed by atoms with Crippen molar-refractivity contribution in [3.8, 4) is 12.3 Å². The molecule has 0 bridgehead atoms. The van der Waals surface area contributed by atoms with Gasteiger partial charge in [0.25, 0.3) is 0 Å². The summed E-state index contributed by atoms with van der Waals surface area (Å²) in [6, 6.07) is 0. The van der Waals surface area contributed by atoms with E-state index >= 15 is 0 Å². The summed E-state index contributed by atoms with van der Waals surface area (Å²) in [4.78, 5) is 11.7. The molecule has 1 radical (unpaired) electrons. The van der Waals surface area contributed by atoms with E-state index in [0.29, 0.717) is 12.5 Å². The van der Waals surface area contributed by atoms with Crippen molar-refractivity contribution in [2.24, 2.45) is 5.92 Å². The Bertz CT molecular complexity index is 155. The van der Waals surface area contributed by atoms with E-state index in [2.05, 4.69) is 5.92 Å². The molecule has 0 saturated heterocycles. The van der Waals surface area contributed by atoms with Gasteiger partial charge in [-0.15, -0.1) is 6.42 Å². The molecule has 1 saturated carbocycles. The zero-order valence-corrected chi connectivity index (χ0v) is 5.84. The van der Waals surface area contributed by atoms with Crippen molar-refractivity contribution in [1.82, 2.24) is 4.90 Å². The van der Waals surface area contributed by atoms with E-state index < -0.39 is 0 Å². The SMILES string of the molecule is C#CCN([C]=O)CC1CC1. The molecule has 2 heteroatoms. The Balaban J connectivity index is 2.19. The number of nitrogens with zero attached hydrogens (tertiary/aromatic N) is 1. The molecular weight excluding hydrogens is 126 g/mol. The summed E-state index contributed by atoms with van der Waals surface area (Å²) in [6.07, 6.45) is 9.32. The van der Waals surface area contributed by atoms with Gasteiger partial charge < -0.3 is 4.90 Å². The van der Waals surface area contributed by atoms with Crippen molar-refractivity contribution in [3.05, 3.63) is 0 Å². The van der Waals surface area contributed by atoms with Crippen molar-refractivity contribution in [3.63, 3.8) is 0 Å². The Morgan fingerprint density at radius 1 is 1.60 bits per heavy atom. The van der Waals surface area contributed by atoms with Gasteiger partial charge in [0.1, 0.15) is 0 Å². The standard InChI is InChI=1S/C8H10NO/c1-2-5-9(7-10)6-8-3-4-8/h1,8H,3-6H2. The highest BCUT2D eigenvalue weighted by molar-refractivity contribution is 5.48. The maximum Gasteiger partial charge on any atom is 0.312 e. The summed E-state index contributed by atoms with van der Waals surface area (Å²) in [5.41, 5.74) is 0. The number of rotatable bonds is 4. The Morgan fingerprint density at radius 3 is 2.70 bits per heavy atom. The molecule has 53 valence electrons. The number of amides is 1. The molecule has 1 rings (SSSR count). The predicted octanol–water partition coefficient (Wildman–Crippen LogP) is 0.399. The molecule has 1 amide bonds. The Labute approximate surface area is 61.2 Å². The number of terminal acetylenes is 1. The molecule has 1 aliphatic carbocycles. The van der Waals surface area contributed by atoms with E-state index in [0.717, 1.165) is 6.54 Å². The molecule has 0 N–H and O–H groups in total. The first kappa shape index (κ1) is 7.14. The van der Waals surface area contributed by atoms with Crippen molar-refractivity contribution in [2.75, 3.05) is 13.1 Å². The van der Waals surface area contributed by atoms with Crippen molar-refractivity contribution in [1.29, 1.82) is 0 Å². The van der Waals surface area contributed by atoms with Gasteiger partial charge >= 0.3 is 6.41 Å². The summed E-state index contributed by atoms with van der Waals surface area (Å²) in [5, 5.41) is 0. The van der Waals surface area contributed by atoms with Crippen molar-refractivity contribution < 1.29 is 4.79 Å².